The molecular formula is C24H27N3O4S. The zero-order valence-electron chi connectivity index (χ0n) is 18.2. The van der Waals surface area contributed by atoms with Crippen molar-refractivity contribution in [2.24, 2.45) is 0 Å². The van der Waals surface area contributed by atoms with Gasteiger partial charge in [0.05, 0.1) is 38.1 Å². The van der Waals surface area contributed by atoms with Crippen molar-refractivity contribution < 1.29 is 14.2 Å². The van der Waals surface area contributed by atoms with Crippen LogP contribution in [-0.4, -0.2) is 48.5 Å². The van der Waals surface area contributed by atoms with Crippen LogP contribution in [0.2, 0.25) is 0 Å². The molecule has 0 amide bonds. The molecule has 8 heteroatoms. The van der Waals surface area contributed by atoms with Crippen LogP contribution in [0.4, 0.5) is 5.69 Å². The Kier molecular flexibility index (Phi) is 6.92. The molecule has 1 aliphatic rings. The molecule has 0 unspecified atom stereocenters. The number of hydrogen-bond donors (Lipinski definition) is 2. The number of aromatic nitrogens is 1. The lowest BCUT2D eigenvalue weighted by molar-refractivity contribution is 0.0904. The maximum absolute atomic E-state index is 12.8. The fourth-order valence-electron chi connectivity index (χ4n) is 3.87. The molecule has 168 valence electrons. The SMILES string of the molecule is COc1ccc2cc(CN(C[C@@H]3CCCO3)C(=S)Nc3ccccc3OC)c(=O)[nH]c2c1. The Morgan fingerprint density at radius 3 is 2.81 bits per heavy atom. The molecule has 1 aromatic heterocycles. The van der Waals surface area contributed by atoms with E-state index < -0.39 is 0 Å². The van der Waals surface area contributed by atoms with Gasteiger partial charge in [-0.1, -0.05) is 12.1 Å². The van der Waals surface area contributed by atoms with Gasteiger partial charge < -0.3 is 29.4 Å². The smallest absolute Gasteiger partial charge is 0.253 e. The molecule has 3 aromatic rings. The topological polar surface area (TPSA) is 75.8 Å². The Bertz CT molecular complexity index is 1160. The van der Waals surface area contributed by atoms with Crippen LogP contribution in [0.25, 0.3) is 10.9 Å². The number of fused-ring (bicyclic) bond motifs is 1. The summed E-state index contributed by atoms with van der Waals surface area (Å²) in [5.74, 6) is 1.40. The summed E-state index contributed by atoms with van der Waals surface area (Å²) < 4.78 is 16.5. The number of H-pyrrole nitrogens is 1. The maximum atomic E-state index is 12.8. The fourth-order valence-corrected chi connectivity index (χ4v) is 4.12. The Labute approximate surface area is 192 Å². The largest absolute Gasteiger partial charge is 0.497 e. The van der Waals surface area contributed by atoms with Crippen LogP contribution in [0, 0.1) is 0 Å². The Balaban J connectivity index is 1.60. The third kappa shape index (κ3) is 5.03. The summed E-state index contributed by atoms with van der Waals surface area (Å²) in [4.78, 5) is 17.8. The van der Waals surface area contributed by atoms with Gasteiger partial charge in [-0.2, -0.15) is 0 Å². The summed E-state index contributed by atoms with van der Waals surface area (Å²) in [5, 5.41) is 4.72. The van der Waals surface area contributed by atoms with Crippen molar-refractivity contribution in [1.82, 2.24) is 9.88 Å². The average molecular weight is 454 g/mol. The van der Waals surface area contributed by atoms with E-state index >= 15 is 0 Å². The highest BCUT2D eigenvalue weighted by Crippen LogP contribution is 2.25. The van der Waals surface area contributed by atoms with Gasteiger partial charge in [-0.3, -0.25) is 4.79 Å². The van der Waals surface area contributed by atoms with E-state index in [1.807, 2.05) is 53.4 Å². The monoisotopic (exact) mass is 453 g/mol. The van der Waals surface area contributed by atoms with Crippen molar-refractivity contribution >= 4 is 33.9 Å². The molecule has 1 saturated heterocycles. The molecule has 0 aliphatic carbocycles. The van der Waals surface area contributed by atoms with E-state index in [4.69, 9.17) is 26.4 Å². The zero-order chi connectivity index (χ0) is 22.5. The molecule has 2 heterocycles. The summed E-state index contributed by atoms with van der Waals surface area (Å²) in [7, 11) is 3.23. The number of anilines is 1. The quantitative estimate of drug-likeness (QED) is 0.525. The number of nitrogens with one attached hydrogen (secondary N) is 2. The number of nitrogens with zero attached hydrogens (tertiary/aromatic N) is 1. The van der Waals surface area contributed by atoms with E-state index in [1.54, 1.807) is 14.2 Å². The van der Waals surface area contributed by atoms with Crippen molar-refractivity contribution in [2.75, 3.05) is 32.7 Å². The predicted octanol–water partition coefficient (Wildman–Crippen LogP) is 3.92. The average Bonchev–Trinajstić information content (AvgIpc) is 3.32. The number of pyridine rings is 1. The summed E-state index contributed by atoms with van der Waals surface area (Å²) in [5.41, 5.74) is 1.99. The molecule has 1 atom stereocenters. The van der Waals surface area contributed by atoms with E-state index in [0.29, 0.717) is 35.3 Å². The van der Waals surface area contributed by atoms with Crippen molar-refractivity contribution in [3.8, 4) is 11.5 Å². The number of thiocarbonyl (C=S) groups is 1. The van der Waals surface area contributed by atoms with Gasteiger partial charge >= 0.3 is 0 Å². The van der Waals surface area contributed by atoms with Gasteiger partial charge in [0.1, 0.15) is 11.5 Å². The number of hydrogen-bond acceptors (Lipinski definition) is 5. The van der Waals surface area contributed by atoms with Crippen molar-refractivity contribution in [1.29, 1.82) is 0 Å². The van der Waals surface area contributed by atoms with Crippen molar-refractivity contribution in [3.63, 3.8) is 0 Å². The first kappa shape index (κ1) is 22.1. The van der Waals surface area contributed by atoms with Gasteiger partial charge in [-0.15, -0.1) is 0 Å². The Hall–Kier alpha value is -3.10. The molecule has 0 saturated carbocycles. The highest BCUT2D eigenvalue weighted by Gasteiger charge is 2.22. The lowest BCUT2D eigenvalue weighted by atomic mass is 10.1. The molecule has 7 nitrogen and oxygen atoms in total. The maximum Gasteiger partial charge on any atom is 0.253 e. The summed E-state index contributed by atoms with van der Waals surface area (Å²) in [6.45, 7) is 1.71. The number of para-hydroxylation sites is 2. The number of benzene rings is 2. The van der Waals surface area contributed by atoms with E-state index in [2.05, 4.69) is 10.3 Å². The molecule has 0 radical (unpaired) electrons. The Morgan fingerprint density at radius 1 is 1.22 bits per heavy atom. The first-order valence-electron chi connectivity index (χ1n) is 10.6. The number of rotatable bonds is 7. The fraction of sp³-hybridized carbons (Fsp3) is 0.333. The minimum atomic E-state index is -0.150. The van der Waals surface area contributed by atoms with Crippen LogP contribution in [-0.2, 0) is 11.3 Å². The zero-order valence-corrected chi connectivity index (χ0v) is 19.0. The van der Waals surface area contributed by atoms with Gasteiger partial charge in [-0.05, 0) is 60.8 Å². The highest BCUT2D eigenvalue weighted by molar-refractivity contribution is 7.80. The van der Waals surface area contributed by atoms with Gasteiger partial charge in [-0.25, -0.2) is 0 Å². The summed E-state index contributed by atoms with van der Waals surface area (Å²) in [6, 6.07) is 15.1. The minimum Gasteiger partial charge on any atom is -0.497 e. The molecular weight excluding hydrogens is 426 g/mol. The van der Waals surface area contributed by atoms with E-state index in [-0.39, 0.29) is 11.7 Å². The van der Waals surface area contributed by atoms with Gasteiger partial charge in [0.2, 0.25) is 0 Å². The standard InChI is InChI=1S/C24H27N3O4S/c1-29-18-10-9-16-12-17(23(28)25-21(16)13-18)14-27(15-19-6-5-11-31-19)24(32)26-20-7-3-4-8-22(20)30-2/h3-4,7-10,12-13,19H,5-6,11,14-15H2,1-2H3,(H,25,28)(H,26,32)/t19-/m0/s1. The van der Waals surface area contributed by atoms with E-state index in [0.717, 1.165) is 36.0 Å². The van der Waals surface area contributed by atoms with Crippen LogP contribution < -0.4 is 20.3 Å². The summed E-state index contributed by atoms with van der Waals surface area (Å²) in [6.07, 6.45) is 2.09. The van der Waals surface area contributed by atoms with Crippen LogP contribution in [0.5, 0.6) is 11.5 Å². The second-order valence-electron chi connectivity index (χ2n) is 7.72. The van der Waals surface area contributed by atoms with E-state index in [1.165, 1.54) is 0 Å². The van der Waals surface area contributed by atoms with Crippen LogP contribution in [0.1, 0.15) is 18.4 Å². The number of methoxy groups -OCH3 is 2. The third-order valence-electron chi connectivity index (χ3n) is 5.58. The molecule has 2 aromatic carbocycles. The van der Waals surface area contributed by atoms with Gasteiger partial charge in [0.25, 0.3) is 5.56 Å². The molecule has 1 aliphatic heterocycles. The minimum absolute atomic E-state index is 0.0798. The lowest BCUT2D eigenvalue weighted by Gasteiger charge is -2.28. The molecule has 32 heavy (non-hydrogen) atoms. The van der Waals surface area contributed by atoms with Crippen molar-refractivity contribution in [3.05, 3.63) is 64.4 Å². The highest BCUT2D eigenvalue weighted by atomic mass is 32.1. The second kappa shape index (κ2) is 10.0. The number of ether oxygens (including phenoxy) is 3. The van der Waals surface area contributed by atoms with Gasteiger partial charge in [0, 0.05) is 24.8 Å². The van der Waals surface area contributed by atoms with E-state index in [9.17, 15) is 4.79 Å². The Morgan fingerprint density at radius 2 is 2.06 bits per heavy atom. The number of aromatic amines is 1. The first-order chi connectivity index (χ1) is 15.6. The molecule has 0 bridgehead atoms. The molecule has 4 rings (SSSR count). The molecule has 1 fully saturated rings. The second-order valence-corrected chi connectivity index (χ2v) is 8.11. The van der Waals surface area contributed by atoms with Crippen LogP contribution in [0.3, 0.4) is 0 Å². The first-order valence-corrected chi connectivity index (χ1v) is 11.0. The van der Waals surface area contributed by atoms with Gasteiger partial charge in [0.15, 0.2) is 5.11 Å². The summed E-state index contributed by atoms with van der Waals surface area (Å²) >= 11 is 5.75. The molecule has 2 N–H and O–H groups in total. The van der Waals surface area contributed by atoms with Crippen LogP contribution in [0.15, 0.2) is 53.3 Å². The third-order valence-corrected chi connectivity index (χ3v) is 5.94. The lowest BCUT2D eigenvalue weighted by Crippen LogP contribution is -2.40. The van der Waals surface area contributed by atoms with Crippen LogP contribution >= 0.6 is 12.2 Å². The molecule has 0 spiro atoms. The van der Waals surface area contributed by atoms with Crippen molar-refractivity contribution in [2.45, 2.75) is 25.5 Å². The normalized spacial score (nSPS) is 15.5. The predicted molar refractivity (Wildman–Crippen MR) is 130 cm³/mol.